The Morgan fingerprint density at radius 2 is 1.21 bits per heavy atom. The van der Waals surface area contributed by atoms with Crippen LogP contribution in [-0.4, -0.2) is 31.7 Å². The second-order valence-electron chi connectivity index (χ2n) is 11.5. The van der Waals surface area contributed by atoms with Crippen LogP contribution in [0.5, 0.6) is 0 Å². The number of hydrogen-bond acceptors (Lipinski definition) is 8. The number of pyridine rings is 2. The van der Waals surface area contributed by atoms with Crippen molar-refractivity contribution >= 4 is 60.7 Å². The van der Waals surface area contributed by atoms with E-state index in [9.17, 15) is 14.9 Å². The summed E-state index contributed by atoms with van der Waals surface area (Å²) in [5.41, 5.74) is 5.61. The van der Waals surface area contributed by atoms with Gasteiger partial charge in [0.2, 0.25) is 0 Å². The zero-order valence-corrected chi connectivity index (χ0v) is 33.3. The number of fused-ring (bicyclic) bond motifs is 5. The number of aliphatic hydroxyl groups excluding tert-OH is 2. The first kappa shape index (κ1) is 41.7. The summed E-state index contributed by atoms with van der Waals surface area (Å²) in [7, 11) is 0. The molecule has 11 heteroatoms. The third-order valence-electron chi connectivity index (χ3n) is 7.41. The van der Waals surface area contributed by atoms with E-state index in [2.05, 4.69) is 33.0 Å². The number of hydrogen-bond donors (Lipinski definition) is 2. The predicted octanol–water partition coefficient (Wildman–Crippen LogP) is 10.1. The molecule has 3 aromatic heterocycles. The first-order chi connectivity index (χ1) is 24.5. The summed E-state index contributed by atoms with van der Waals surface area (Å²) >= 11 is 0. The average Bonchev–Trinajstić information content (AvgIpc) is 3.49. The molecule has 0 bridgehead atoms. The standard InChI is InChI=1S/C32H14N4O.2C5H8O2.2Pt/c1-34-24-11-10-21-15-30(36-18-23(21)13-24)28-7-3-5-26-25-4-2-6-27(31(25)37-32(26)28)29-14-20-9-8-19(16-33)12-22(20)17-35-29;2*1-4(6)3-5(2)7;;/h2-5,8-15,17-18H;2*3,6H,1-2H3;;/q-2;;;;/b;2*4-3-;;. The summed E-state index contributed by atoms with van der Waals surface area (Å²) in [6, 6.07) is 31.7. The zero-order valence-electron chi connectivity index (χ0n) is 28.8. The molecular formula is C42H30N4O5Pt2-2. The van der Waals surface area contributed by atoms with Gasteiger partial charge < -0.3 is 24.6 Å². The number of nitrogens with zero attached hydrogens (tertiary/aromatic N) is 4. The molecule has 0 saturated carbocycles. The Balaban J connectivity index is 0.000000405. The first-order valence-electron chi connectivity index (χ1n) is 15.6. The molecule has 0 spiro atoms. The van der Waals surface area contributed by atoms with E-state index in [1.807, 2.05) is 66.7 Å². The summed E-state index contributed by atoms with van der Waals surface area (Å²) in [5, 5.41) is 31.6. The maximum Gasteiger partial charge on any atom is 0.187 e. The summed E-state index contributed by atoms with van der Waals surface area (Å²) < 4.78 is 6.50. The van der Waals surface area contributed by atoms with Gasteiger partial charge in [0.1, 0.15) is 0 Å². The number of carbonyl (C=O) groups is 2. The average molecular weight is 1060 g/mol. The molecule has 0 aliphatic carbocycles. The fourth-order valence-corrected chi connectivity index (χ4v) is 5.36. The minimum atomic E-state index is -0.125. The molecule has 7 aromatic rings. The van der Waals surface area contributed by atoms with Gasteiger partial charge in [-0.05, 0) is 78.8 Å². The Labute approximate surface area is 334 Å². The fourth-order valence-electron chi connectivity index (χ4n) is 5.36. The second-order valence-corrected chi connectivity index (χ2v) is 11.5. The van der Waals surface area contributed by atoms with E-state index in [1.54, 1.807) is 18.5 Å². The molecule has 4 aromatic carbocycles. The number of rotatable bonds is 4. The molecule has 53 heavy (non-hydrogen) atoms. The van der Waals surface area contributed by atoms with Crippen LogP contribution in [0.25, 0.3) is 70.8 Å². The number of carbonyl (C=O) groups excluding carboxylic acids is 2. The van der Waals surface area contributed by atoms with Gasteiger partial charge >= 0.3 is 0 Å². The Kier molecular flexibility index (Phi) is 14.7. The Morgan fingerprint density at radius 3 is 1.62 bits per heavy atom. The molecule has 0 saturated heterocycles. The molecule has 9 nitrogen and oxygen atoms in total. The topological polar surface area (TPSA) is 142 Å². The molecule has 270 valence electrons. The van der Waals surface area contributed by atoms with Gasteiger partial charge in [0, 0.05) is 77.8 Å². The van der Waals surface area contributed by atoms with Crippen molar-refractivity contribution in [1.29, 1.82) is 5.26 Å². The van der Waals surface area contributed by atoms with Gasteiger partial charge in [-0.2, -0.15) is 5.26 Å². The molecular weight excluding hydrogens is 1030 g/mol. The van der Waals surface area contributed by atoms with Crippen molar-refractivity contribution in [3.05, 3.63) is 138 Å². The van der Waals surface area contributed by atoms with Crippen molar-refractivity contribution in [3.63, 3.8) is 0 Å². The fraction of sp³-hybridized carbons (Fsp3) is 0.0952. The zero-order chi connectivity index (χ0) is 36.7. The van der Waals surface area contributed by atoms with E-state index in [0.29, 0.717) is 22.4 Å². The van der Waals surface area contributed by atoms with Crippen LogP contribution in [0, 0.1) is 30.0 Å². The SMILES string of the molecule is CC(=O)/C=C(/C)O.CC(=O)/C=C(/C)O.[C-]#[N+]c1ccc2cc(-c3[c-]ccc4c3oc3c(-c5cc6ccc(C#N)cc6cn5)[c-]ccc34)ncc2c1.[Pt].[Pt]. The van der Waals surface area contributed by atoms with Gasteiger partial charge in [0.15, 0.2) is 17.3 Å². The molecule has 0 unspecified atom stereocenters. The van der Waals surface area contributed by atoms with E-state index in [1.165, 1.54) is 39.8 Å². The molecule has 0 atom stereocenters. The van der Waals surface area contributed by atoms with Crippen LogP contribution in [-0.2, 0) is 51.7 Å². The van der Waals surface area contributed by atoms with Crippen LogP contribution in [0.3, 0.4) is 0 Å². The maximum atomic E-state index is 10.0. The Morgan fingerprint density at radius 1 is 0.736 bits per heavy atom. The van der Waals surface area contributed by atoms with Crippen molar-refractivity contribution in [1.82, 2.24) is 9.97 Å². The molecule has 0 aliphatic rings. The van der Waals surface area contributed by atoms with Crippen molar-refractivity contribution in [3.8, 4) is 28.6 Å². The van der Waals surface area contributed by atoms with E-state index in [0.717, 1.165) is 54.8 Å². The Bertz CT molecular complexity index is 2440. The summed E-state index contributed by atoms with van der Waals surface area (Å²) in [4.78, 5) is 32.9. The molecule has 0 aliphatic heterocycles. The van der Waals surface area contributed by atoms with Crippen LogP contribution in [0.2, 0.25) is 0 Å². The van der Waals surface area contributed by atoms with Crippen LogP contribution in [0.15, 0.2) is 113 Å². The van der Waals surface area contributed by atoms with E-state index >= 15 is 0 Å². The number of furan rings is 1. The van der Waals surface area contributed by atoms with Crippen LogP contribution >= 0.6 is 0 Å². The molecule has 2 N–H and O–H groups in total. The van der Waals surface area contributed by atoms with E-state index in [4.69, 9.17) is 21.2 Å². The third-order valence-corrected chi connectivity index (χ3v) is 7.41. The molecule has 0 radical (unpaired) electrons. The monoisotopic (exact) mass is 1060 g/mol. The summed E-state index contributed by atoms with van der Waals surface area (Å²) in [6.45, 7) is 12.9. The molecule has 7 rings (SSSR count). The number of aromatic nitrogens is 2. The molecule has 3 heterocycles. The van der Waals surface area contributed by atoms with Crippen LogP contribution < -0.4 is 0 Å². The molecule has 0 fully saturated rings. The van der Waals surface area contributed by atoms with Crippen molar-refractivity contribution in [2.75, 3.05) is 0 Å². The van der Waals surface area contributed by atoms with Crippen LogP contribution in [0.1, 0.15) is 33.3 Å². The first-order valence-corrected chi connectivity index (χ1v) is 15.6. The van der Waals surface area contributed by atoms with E-state index < -0.39 is 0 Å². The molecule has 0 amide bonds. The number of nitriles is 1. The minimum absolute atomic E-state index is 0. The normalized spacial score (nSPS) is 10.8. The van der Waals surface area contributed by atoms with Gasteiger partial charge in [-0.25, -0.2) is 4.85 Å². The largest absolute Gasteiger partial charge is 0.545 e. The van der Waals surface area contributed by atoms with Gasteiger partial charge in [-0.1, -0.05) is 52.2 Å². The van der Waals surface area contributed by atoms with Gasteiger partial charge in [0.25, 0.3) is 0 Å². The number of benzene rings is 4. The van der Waals surface area contributed by atoms with Gasteiger partial charge in [0.05, 0.1) is 29.7 Å². The summed E-state index contributed by atoms with van der Waals surface area (Å²) in [6.07, 6.45) is 5.89. The smallest absolute Gasteiger partial charge is 0.187 e. The van der Waals surface area contributed by atoms with Gasteiger partial charge in [-0.3, -0.25) is 9.59 Å². The third kappa shape index (κ3) is 10.2. The second kappa shape index (κ2) is 18.7. The number of aliphatic hydroxyl groups is 2. The summed E-state index contributed by atoms with van der Waals surface area (Å²) in [5.74, 6) is -0.125. The predicted molar refractivity (Wildman–Crippen MR) is 198 cm³/mol. The van der Waals surface area contributed by atoms with Crippen molar-refractivity contribution in [2.24, 2.45) is 0 Å². The minimum Gasteiger partial charge on any atom is -0.545 e. The number of ketones is 2. The quantitative estimate of drug-likeness (QED) is 0.101. The van der Waals surface area contributed by atoms with E-state index in [-0.39, 0.29) is 65.2 Å². The number of allylic oxidation sites excluding steroid dienone is 4. The van der Waals surface area contributed by atoms with Crippen molar-refractivity contribution < 1.29 is 66.3 Å². The maximum absolute atomic E-state index is 10.0. The van der Waals surface area contributed by atoms with Gasteiger partial charge in [-0.15, -0.1) is 36.4 Å². The van der Waals surface area contributed by atoms with Crippen LogP contribution in [0.4, 0.5) is 5.69 Å². The van der Waals surface area contributed by atoms with Crippen molar-refractivity contribution in [2.45, 2.75) is 27.7 Å². The Hall–Kier alpha value is -5.72.